The maximum absolute atomic E-state index is 11.7. The quantitative estimate of drug-likeness (QED) is 0.704. The molecule has 1 aromatic heterocycles. The van der Waals surface area contributed by atoms with E-state index in [4.69, 9.17) is 9.47 Å². The van der Waals surface area contributed by atoms with Gasteiger partial charge in [-0.05, 0) is 30.5 Å². The minimum Gasteiger partial charge on any atom is -0.497 e. The summed E-state index contributed by atoms with van der Waals surface area (Å²) < 4.78 is 13.0. The molecule has 0 aliphatic carbocycles. The molecule has 0 radical (unpaired) electrons. The molecule has 1 heterocycles. The highest BCUT2D eigenvalue weighted by atomic mass is 32.2. The number of benzene rings is 2. The lowest BCUT2D eigenvalue weighted by atomic mass is 10.1. The summed E-state index contributed by atoms with van der Waals surface area (Å²) in [6.45, 7) is 1.26. The monoisotopic (exact) mass is 358 g/mol. The first-order chi connectivity index (χ1) is 12.2. The van der Waals surface area contributed by atoms with Crippen LogP contribution in [0, 0.1) is 0 Å². The van der Waals surface area contributed by atoms with E-state index in [9.17, 15) is 4.79 Å². The van der Waals surface area contributed by atoms with Crippen molar-refractivity contribution in [2.45, 2.75) is 6.54 Å². The van der Waals surface area contributed by atoms with Crippen LogP contribution in [-0.2, 0) is 11.3 Å². The maximum Gasteiger partial charge on any atom is 0.230 e. The molecule has 132 valence electrons. The normalized spacial score (nSPS) is 11.0. The highest BCUT2D eigenvalue weighted by molar-refractivity contribution is 7.99. The smallest absolute Gasteiger partial charge is 0.230 e. The summed E-state index contributed by atoms with van der Waals surface area (Å²) in [5, 5.41) is 5.29. The summed E-state index contributed by atoms with van der Waals surface area (Å²) in [4.78, 5) is 11.7. The van der Waals surface area contributed by atoms with Crippen molar-refractivity contribution < 1.29 is 14.3 Å². The molecule has 3 aromatic rings. The Hall–Kier alpha value is -2.34. The Morgan fingerprint density at radius 2 is 1.60 bits per heavy atom. The van der Waals surface area contributed by atoms with Gasteiger partial charge in [-0.3, -0.25) is 4.79 Å². The summed E-state index contributed by atoms with van der Waals surface area (Å²) in [6.07, 6.45) is 1.92. The molecular weight excluding hydrogens is 336 g/mol. The van der Waals surface area contributed by atoms with Gasteiger partial charge in [0.1, 0.15) is 11.5 Å². The first kappa shape index (κ1) is 17.5. The Balaban J connectivity index is 2.03. The fraction of sp³-hybridized carbons (Fsp3) is 0.316. The Bertz CT molecular complexity index is 843. The van der Waals surface area contributed by atoms with Crippen molar-refractivity contribution in [3.63, 3.8) is 0 Å². The molecule has 0 aliphatic heterocycles. The highest BCUT2D eigenvalue weighted by Gasteiger charge is 2.12. The van der Waals surface area contributed by atoms with E-state index in [-0.39, 0.29) is 5.91 Å². The van der Waals surface area contributed by atoms with E-state index in [0.29, 0.717) is 18.8 Å². The zero-order valence-electron chi connectivity index (χ0n) is 14.7. The molecule has 0 spiro atoms. The Kier molecular flexibility index (Phi) is 5.38. The lowest BCUT2D eigenvalue weighted by Gasteiger charge is -2.10. The van der Waals surface area contributed by atoms with E-state index < -0.39 is 0 Å². The number of methoxy groups -OCH3 is 2. The number of hydrogen-bond donors (Lipinski definition) is 1. The standard InChI is InChI=1S/C19H22N2O3S/c1-23-13-4-6-15-16-7-5-14(24-2)11-18(16)21(17(15)10-13)9-8-20-19(22)12-25-3/h4-7,10-11H,8-9,12H2,1-3H3,(H,20,22). The van der Waals surface area contributed by atoms with Crippen molar-refractivity contribution >= 4 is 39.5 Å². The zero-order chi connectivity index (χ0) is 17.8. The maximum atomic E-state index is 11.7. The van der Waals surface area contributed by atoms with Crippen molar-refractivity contribution in [2.24, 2.45) is 0 Å². The highest BCUT2D eigenvalue weighted by Crippen LogP contribution is 2.33. The van der Waals surface area contributed by atoms with Crippen LogP contribution in [0.15, 0.2) is 36.4 Å². The predicted molar refractivity (Wildman–Crippen MR) is 104 cm³/mol. The number of amides is 1. The van der Waals surface area contributed by atoms with Gasteiger partial charge in [-0.15, -0.1) is 0 Å². The van der Waals surface area contributed by atoms with Gasteiger partial charge in [0, 0.05) is 36.0 Å². The van der Waals surface area contributed by atoms with Crippen molar-refractivity contribution in [3.05, 3.63) is 36.4 Å². The number of thioether (sulfide) groups is 1. The summed E-state index contributed by atoms with van der Waals surface area (Å²) in [5.74, 6) is 2.17. The molecular formula is C19H22N2O3S. The van der Waals surface area contributed by atoms with Gasteiger partial charge in [0.2, 0.25) is 5.91 Å². The fourth-order valence-corrected chi connectivity index (χ4v) is 3.40. The summed E-state index contributed by atoms with van der Waals surface area (Å²) in [6, 6.07) is 12.2. The van der Waals surface area contributed by atoms with Gasteiger partial charge in [0.25, 0.3) is 0 Å². The average Bonchev–Trinajstić information content (AvgIpc) is 2.94. The number of carbonyl (C=O) groups is 1. The molecule has 6 heteroatoms. The average molecular weight is 358 g/mol. The summed E-state index contributed by atoms with van der Waals surface area (Å²) in [5.41, 5.74) is 2.17. The largest absolute Gasteiger partial charge is 0.497 e. The molecule has 0 unspecified atom stereocenters. The molecule has 0 bridgehead atoms. The number of nitrogens with one attached hydrogen (secondary N) is 1. The first-order valence-corrected chi connectivity index (χ1v) is 9.47. The summed E-state index contributed by atoms with van der Waals surface area (Å²) in [7, 11) is 3.33. The van der Waals surface area contributed by atoms with Crippen molar-refractivity contribution in [1.29, 1.82) is 0 Å². The number of nitrogens with zero attached hydrogens (tertiary/aromatic N) is 1. The molecule has 2 aromatic carbocycles. The van der Waals surface area contributed by atoms with Crippen LogP contribution < -0.4 is 14.8 Å². The minimum absolute atomic E-state index is 0.0587. The van der Waals surface area contributed by atoms with Crippen LogP contribution >= 0.6 is 11.8 Å². The minimum atomic E-state index is 0.0587. The second-order valence-electron chi connectivity index (χ2n) is 5.70. The number of carbonyl (C=O) groups excluding carboxylic acids is 1. The van der Waals surface area contributed by atoms with Crippen LogP contribution in [0.2, 0.25) is 0 Å². The van der Waals surface area contributed by atoms with E-state index in [1.807, 2.05) is 30.5 Å². The van der Waals surface area contributed by atoms with Gasteiger partial charge < -0.3 is 19.4 Å². The number of ether oxygens (including phenoxy) is 2. The van der Waals surface area contributed by atoms with Crippen LogP contribution in [0.3, 0.4) is 0 Å². The molecule has 0 saturated carbocycles. The molecule has 0 fully saturated rings. The Morgan fingerprint density at radius 1 is 1.04 bits per heavy atom. The van der Waals surface area contributed by atoms with Crippen molar-refractivity contribution in [3.8, 4) is 11.5 Å². The van der Waals surface area contributed by atoms with Gasteiger partial charge in [-0.25, -0.2) is 0 Å². The SMILES string of the molecule is COc1ccc2c3ccc(OC)cc3n(CCNC(=O)CSC)c2c1. The van der Waals surface area contributed by atoms with Crippen molar-refractivity contribution in [1.82, 2.24) is 9.88 Å². The molecule has 0 atom stereocenters. The molecule has 0 aliphatic rings. The van der Waals surface area contributed by atoms with Gasteiger partial charge in [-0.2, -0.15) is 11.8 Å². The number of hydrogen-bond acceptors (Lipinski definition) is 4. The van der Waals surface area contributed by atoms with Crippen LogP contribution in [-0.4, -0.2) is 43.2 Å². The van der Waals surface area contributed by atoms with Gasteiger partial charge >= 0.3 is 0 Å². The molecule has 0 saturated heterocycles. The first-order valence-electron chi connectivity index (χ1n) is 8.07. The van der Waals surface area contributed by atoms with E-state index in [2.05, 4.69) is 22.0 Å². The fourth-order valence-electron chi connectivity index (χ4n) is 3.04. The van der Waals surface area contributed by atoms with Crippen LogP contribution in [0.4, 0.5) is 0 Å². The molecule has 5 nitrogen and oxygen atoms in total. The third kappa shape index (κ3) is 3.54. The van der Waals surface area contributed by atoms with E-state index in [1.165, 1.54) is 11.8 Å². The lowest BCUT2D eigenvalue weighted by molar-refractivity contribution is -0.118. The zero-order valence-corrected chi connectivity index (χ0v) is 15.5. The Labute approximate surface area is 151 Å². The van der Waals surface area contributed by atoms with Gasteiger partial charge in [-0.1, -0.05) is 0 Å². The number of aromatic nitrogens is 1. The van der Waals surface area contributed by atoms with E-state index >= 15 is 0 Å². The molecule has 25 heavy (non-hydrogen) atoms. The van der Waals surface area contributed by atoms with E-state index in [1.54, 1.807) is 14.2 Å². The Morgan fingerprint density at radius 3 is 2.08 bits per heavy atom. The van der Waals surface area contributed by atoms with Crippen LogP contribution in [0.5, 0.6) is 11.5 Å². The van der Waals surface area contributed by atoms with Crippen LogP contribution in [0.25, 0.3) is 21.8 Å². The number of fused-ring (bicyclic) bond motifs is 3. The third-order valence-corrected chi connectivity index (χ3v) is 4.77. The second kappa shape index (κ2) is 7.70. The van der Waals surface area contributed by atoms with Gasteiger partial charge in [0.05, 0.1) is 31.0 Å². The van der Waals surface area contributed by atoms with E-state index in [0.717, 1.165) is 33.3 Å². The number of rotatable bonds is 7. The van der Waals surface area contributed by atoms with Crippen molar-refractivity contribution in [2.75, 3.05) is 32.8 Å². The van der Waals surface area contributed by atoms with Gasteiger partial charge in [0.15, 0.2) is 0 Å². The molecule has 3 rings (SSSR count). The van der Waals surface area contributed by atoms with Crippen LogP contribution in [0.1, 0.15) is 0 Å². The predicted octanol–water partition coefficient (Wildman–Crippen LogP) is 3.29. The second-order valence-corrected chi connectivity index (χ2v) is 6.57. The summed E-state index contributed by atoms with van der Waals surface area (Å²) >= 11 is 1.52. The third-order valence-electron chi connectivity index (χ3n) is 4.21. The molecule has 1 N–H and O–H groups in total. The molecule has 1 amide bonds. The lowest BCUT2D eigenvalue weighted by Crippen LogP contribution is -2.28. The topological polar surface area (TPSA) is 52.5 Å².